The molecule has 0 N–H and O–H groups in total. The van der Waals surface area contributed by atoms with Crippen molar-refractivity contribution in [3.63, 3.8) is 0 Å². The summed E-state index contributed by atoms with van der Waals surface area (Å²) in [7, 11) is 0. The van der Waals surface area contributed by atoms with Crippen molar-refractivity contribution in [1.82, 2.24) is 14.8 Å². The fourth-order valence-electron chi connectivity index (χ4n) is 1.39. The van der Waals surface area contributed by atoms with Crippen LogP contribution >= 0.6 is 11.6 Å². The van der Waals surface area contributed by atoms with Gasteiger partial charge in [0.25, 0.3) is 0 Å². The Hall–Kier alpha value is -1.35. The topological polar surface area (TPSA) is 30.7 Å². The maximum atomic E-state index is 6.17. The van der Waals surface area contributed by atoms with Gasteiger partial charge in [-0.1, -0.05) is 32.4 Å². The summed E-state index contributed by atoms with van der Waals surface area (Å²) < 4.78 is 1.73. The van der Waals surface area contributed by atoms with Crippen molar-refractivity contribution in [2.24, 2.45) is 0 Å². The second-order valence-electron chi connectivity index (χ2n) is 4.72. The average Bonchev–Trinajstić information content (AvgIpc) is 2.61. The summed E-state index contributed by atoms with van der Waals surface area (Å²) in [6.45, 7) is 6.34. The largest absolute Gasteiger partial charge is 0.265 e. The molecule has 2 heterocycles. The van der Waals surface area contributed by atoms with Crippen molar-refractivity contribution in [3.8, 4) is 5.69 Å². The highest BCUT2D eigenvalue weighted by Crippen LogP contribution is 2.25. The van der Waals surface area contributed by atoms with Crippen LogP contribution in [0, 0.1) is 0 Å². The first-order chi connectivity index (χ1) is 7.48. The van der Waals surface area contributed by atoms with Gasteiger partial charge in [0.2, 0.25) is 0 Å². The molecule has 0 radical (unpaired) electrons. The summed E-state index contributed by atoms with van der Waals surface area (Å²) in [5, 5.41) is 5.13. The number of halogens is 1. The Morgan fingerprint density at radius 2 is 1.81 bits per heavy atom. The van der Waals surface area contributed by atoms with Gasteiger partial charge in [0.05, 0.1) is 11.4 Å². The van der Waals surface area contributed by atoms with Crippen molar-refractivity contribution < 1.29 is 0 Å². The Labute approximate surface area is 100 Å². The van der Waals surface area contributed by atoms with Gasteiger partial charge in [-0.3, -0.25) is 4.98 Å². The summed E-state index contributed by atoms with van der Waals surface area (Å²) in [4.78, 5) is 3.97. The molecule has 16 heavy (non-hydrogen) atoms. The fraction of sp³-hybridized carbons (Fsp3) is 0.333. The van der Waals surface area contributed by atoms with Gasteiger partial charge in [-0.15, -0.1) is 0 Å². The van der Waals surface area contributed by atoms with Crippen LogP contribution in [0.2, 0.25) is 5.15 Å². The molecule has 0 unspecified atom stereocenters. The lowest BCUT2D eigenvalue weighted by Crippen LogP contribution is -2.12. The van der Waals surface area contributed by atoms with Crippen LogP contribution in [0.3, 0.4) is 0 Å². The van der Waals surface area contributed by atoms with E-state index in [2.05, 4.69) is 30.9 Å². The number of aromatic nitrogens is 3. The SMILES string of the molecule is CC(C)(C)c1cc(Cl)n(-c2ccncc2)n1. The predicted octanol–water partition coefficient (Wildman–Crippen LogP) is 3.22. The molecular formula is C12H14ClN3. The van der Waals surface area contributed by atoms with Crippen molar-refractivity contribution in [2.75, 3.05) is 0 Å². The molecule has 0 saturated heterocycles. The average molecular weight is 236 g/mol. The van der Waals surface area contributed by atoms with Crippen LogP contribution in [-0.2, 0) is 5.41 Å². The zero-order chi connectivity index (χ0) is 11.8. The maximum absolute atomic E-state index is 6.17. The van der Waals surface area contributed by atoms with E-state index in [0.29, 0.717) is 5.15 Å². The molecule has 0 spiro atoms. The van der Waals surface area contributed by atoms with Crippen LogP contribution in [0.25, 0.3) is 5.69 Å². The minimum Gasteiger partial charge on any atom is -0.265 e. The van der Waals surface area contributed by atoms with E-state index in [1.807, 2.05) is 18.2 Å². The van der Waals surface area contributed by atoms with Crippen molar-refractivity contribution >= 4 is 11.6 Å². The van der Waals surface area contributed by atoms with Crippen molar-refractivity contribution in [2.45, 2.75) is 26.2 Å². The van der Waals surface area contributed by atoms with E-state index in [-0.39, 0.29) is 5.41 Å². The van der Waals surface area contributed by atoms with Gasteiger partial charge in [-0.2, -0.15) is 5.10 Å². The molecule has 0 aliphatic rings. The highest BCUT2D eigenvalue weighted by atomic mass is 35.5. The summed E-state index contributed by atoms with van der Waals surface area (Å²) in [5.74, 6) is 0. The molecule has 3 nitrogen and oxygen atoms in total. The van der Waals surface area contributed by atoms with Gasteiger partial charge in [0.15, 0.2) is 0 Å². The summed E-state index contributed by atoms with van der Waals surface area (Å²) >= 11 is 6.17. The van der Waals surface area contributed by atoms with Crippen LogP contribution in [0.4, 0.5) is 0 Å². The van der Waals surface area contributed by atoms with Crippen LogP contribution < -0.4 is 0 Å². The quantitative estimate of drug-likeness (QED) is 0.760. The molecule has 84 valence electrons. The smallest absolute Gasteiger partial charge is 0.133 e. The third-order valence-electron chi connectivity index (χ3n) is 2.34. The standard InChI is InChI=1S/C12H14ClN3/c1-12(2,3)10-8-11(13)16(15-10)9-4-6-14-7-5-9/h4-8H,1-3H3. The minimum atomic E-state index is 0.00191. The Kier molecular flexibility index (Phi) is 2.72. The van der Waals surface area contributed by atoms with Gasteiger partial charge >= 0.3 is 0 Å². The Balaban J connectivity index is 2.48. The van der Waals surface area contributed by atoms with Crippen LogP contribution in [0.15, 0.2) is 30.6 Å². The number of nitrogens with zero attached hydrogens (tertiary/aromatic N) is 3. The number of hydrogen-bond acceptors (Lipinski definition) is 2. The lowest BCUT2D eigenvalue weighted by molar-refractivity contribution is 0.560. The highest BCUT2D eigenvalue weighted by Gasteiger charge is 2.19. The first-order valence-electron chi connectivity index (χ1n) is 5.15. The summed E-state index contributed by atoms with van der Waals surface area (Å²) in [6.07, 6.45) is 3.45. The molecule has 0 atom stereocenters. The molecule has 0 bridgehead atoms. The molecule has 2 rings (SSSR count). The van der Waals surface area contributed by atoms with E-state index < -0.39 is 0 Å². The predicted molar refractivity (Wildman–Crippen MR) is 65.1 cm³/mol. The number of hydrogen-bond donors (Lipinski definition) is 0. The fourth-order valence-corrected chi connectivity index (χ4v) is 1.63. The van der Waals surface area contributed by atoms with E-state index in [0.717, 1.165) is 11.4 Å². The third kappa shape index (κ3) is 2.09. The van der Waals surface area contributed by atoms with E-state index in [1.54, 1.807) is 17.1 Å². The molecule has 0 aliphatic heterocycles. The zero-order valence-electron chi connectivity index (χ0n) is 9.61. The number of rotatable bonds is 1. The van der Waals surface area contributed by atoms with Crippen LogP contribution in [0.5, 0.6) is 0 Å². The minimum absolute atomic E-state index is 0.00191. The Morgan fingerprint density at radius 3 is 2.31 bits per heavy atom. The van der Waals surface area contributed by atoms with E-state index in [4.69, 9.17) is 11.6 Å². The molecule has 0 fully saturated rings. The first-order valence-corrected chi connectivity index (χ1v) is 5.53. The normalized spacial score (nSPS) is 11.8. The second kappa shape index (κ2) is 3.91. The van der Waals surface area contributed by atoms with E-state index >= 15 is 0 Å². The van der Waals surface area contributed by atoms with E-state index in [9.17, 15) is 0 Å². The highest BCUT2D eigenvalue weighted by molar-refractivity contribution is 6.29. The monoisotopic (exact) mass is 235 g/mol. The molecule has 4 heteroatoms. The molecular weight excluding hydrogens is 222 g/mol. The van der Waals surface area contributed by atoms with Gasteiger partial charge in [-0.25, -0.2) is 4.68 Å². The second-order valence-corrected chi connectivity index (χ2v) is 5.11. The molecule has 0 amide bonds. The van der Waals surface area contributed by atoms with Crippen molar-refractivity contribution in [3.05, 3.63) is 41.4 Å². The zero-order valence-corrected chi connectivity index (χ0v) is 10.4. The third-order valence-corrected chi connectivity index (χ3v) is 2.61. The lowest BCUT2D eigenvalue weighted by atomic mass is 9.93. The summed E-state index contributed by atoms with van der Waals surface area (Å²) in [6, 6.07) is 5.67. The lowest BCUT2D eigenvalue weighted by Gasteiger charge is -2.14. The molecule has 0 aromatic carbocycles. The molecule has 0 aliphatic carbocycles. The van der Waals surface area contributed by atoms with Gasteiger partial charge in [-0.05, 0) is 18.2 Å². The van der Waals surface area contributed by atoms with Crippen LogP contribution in [0.1, 0.15) is 26.5 Å². The van der Waals surface area contributed by atoms with Gasteiger partial charge < -0.3 is 0 Å². The molecule has 0 saturated carbocycles. The summed E-state index contributed by atoms with van der Waals surface area (Å²) in [5.41, 5.74) is 1.91. The van der Waals surface area contributed by atoms with Gasteiger partial charge in [0, 0.05) is 17.8 Å². The Bertz CT molecular complexity index is 483. The van der Waals surface area contributed by atoms with E-state index in [1.165, 1.54) is 0 Å². The first kappa shape index (κ1) is 11.1. The number of pyridine rings is 1. The van der Waals surface area contributed by atoms with Crippen molar-refractivity contribution in [1.29, 1.82) is 0 Å². The van der Waals surface area contributed by atoms with Crippen LogP contribution in [-0.4, -0.2) is 14.8 Å². The molecule has 2 aromatic heterocycles. The molecule has 2 aromatic rings. The maximum Gasteiger partial charge on any atom is 0.133 e. The van der Waals surface area contributed by atoms with Gasteiger partial charge in [0.1, 0.15) is 5.15 Å². The Morgan fingerprint density at radius 1 is 1.19 bits per heavy atom.